The molecule has 0 radical (unpaired) electrons. The number of benzene rings is 3. The average molecular weight is 391 g/mol. The van der Waals surface area contributed by atoms with Gasteiger partial charge in [0.15, 0.2) is 0 Å². The van der Waals surface area contributed by atoms with Gasteiger partial charge in [0.1, 0.15) is 5.01 Å². The maximum atomic E-state index is 12.4. The first-order valence-corrected chi connectivity index (χ1v) is 10.5. The van der Waals surface area contributed by atoms with Crippen LogP contribution in [0.25, 0.3) is 20.8 Å². The molecule has 1 N–H and O–H groups in total. The number of para-hydroxylation sites is 1. The fourth-order valence-electron chi connectivity index (χ4n) is 2.76. The Morgan fingerprint density at radius 1 is 1.00 bits per heavy atom. The second-order valence-corrected chi connectivity index (χ2v) is 8.34. The highest BCUT2D eigenvalue weighted by Gasteiger charge is 2.08. The third-order valence-electron chi connectivity index (χ3n) is 4.11. The van der Waals surface area contributed by atoms with E-state index in [4.69, 9.17) is 0 Å². The second-order valence-electron chi connectivity index (χ2n) is 5.98. The Morgan fingerprint density at radius 2 is 1.74 bits per heavy atom. The monoisotopic (exact) mass is 390 g/mol. The van der Waals surface area contributed by atoms with Crippen LogP contribution in [0.3, 0.4) is 0 Å². The highest BCUT2D eigenvalue weighted by Crippen LogP contribution is 2.30. The Kier molecular flexibility index (Phi) is 5.23. The maximum Gasteiger partial charge on any atom is 0.255 e. The summed E-state index contributed by atoms with van der Waals surface area (Å²) in [7, 11) is 0. The maximum absolute atomic E-state index is 12.4. The third-order valence-corrected chi connectivity index (χ3v) is 6.09. The van der Waals surface area contributed by atoms with Crippen LogP contribution in [0.2, 0.25) is 0 Å². The highest BCUT2D eigenvalue weighted by molar-refractivity contribution is 7.99. The van der Waals surface area contributed by atoms with Gasteiger partial charge < -0.3 is 5.32 Å². The lowest BCUT2D eigenvalue weighted by molar-refractivity contribution is 0.102. The zero-order valence-corrected chi connectivity index (χ0v) is 16.4. The van der Waals surface area contributed by atoms with Crippen molar-refractivity contribution in [3.8, 4) is 10.6 Å². The Hall–Kier alpha value is -2.63. The summed E-state index contributed by atoms with van der Waals surface area (Å²) in [6, 6.07) is 23.6. The Bertz CT molecular complexity index is 1040. The van der Waals surface area contributed by atoms with Crippen LogP contribution >= 0.6 is 23.1 Å². The van der Waals surface area contributed by atoms with Gasteiger partial charge in [-0.15, -0.1) is 23.1 Å². The van der Waals surface area contributed by atoms with E-state index in [1.54, 1.807) is 23.1 Å². The number of thioether (sulfide) groups is 1. The molecule has 1 heterocycles. The lowest BCUT2D eigenvalue weighted by atomic mass is 10.2. The number of nitrogens with one attached hydrogen (secondary N) is 1. The minimum absolute atomic E-state index is 0.101. The number of nitrogens with zero attached hydrogens (tertiary/aromatic N) is 1. The van der Waals surface area contributed by atoms with E-state index in [1.165, 1.54) is 9.60 Å². The molecule has 3 nitrogen and oxygen atoms in total. The number of hydrogen-bond acceptors (Lipinski definition) is 4. The van der Waals surface area contributed by atoms with Crippen molar-refractivity contribution in [3.05, 3.63) is 78.4 Å². The van der Waals surface area contributed by atoms with Crippen molar-refractivity contribution in [1.82, 2.24) is 4.98 Å². The van der Waals surface area contributed by atoms with E-state index in [0.717, 1.165) is 27.5 Å². The first kappa shape index (κ1) is 17.8. The summed E-state index contributed by atoms with van der Waals surface area (Å²) < 4.78 is 1.18. The molecule has 0 saturated carbocycles. The van der Waals surface area contributed by atoms with Gasteiger partial charge in [0.05, 0.1) is 10.2 Å². The van der Waals surface area contributed by atoms with Crippen molar-refractivity contribution in [1.29, 1.82) is 0 Å². The molecule has 0 aliphatic rings. The largest absolute Gasteiger partial charge is 0.322 e. The number of anilines is 1. The molecular weight excluding hydrogens is 372 g/mol. The molecule has 0 fully saturated rings. The normalized spacial score (nSPS) is 10.9. The minimum atomic E-state index is -0.101. The lowest BCUT2D eigenvalue weighted by Crippen LogP contribution is -2.11. The van der Waals surface area contributed by atoms with Crippen molar-refractivity contribution >= 4 is 44.9 Å². The van der Waals surface area contributed by atoms with Gasteiger partial charge in [0.2, 0.25) is 0 Å². The molecule has 0 bridgehead atoms. The van der Waals surface area contributed by atoms with E-state index < -0.39 is 0 Å². The number of thiazole rings is 1. The van der Waals surface area contributed by atoms with Crippen LogP contribution in [0.15, 0.2) is 77.7 Å². The highest BCUT2D eigenvalue weighted by atomic mass is 32.2. The molecule has 4 rings (SSSR count). The zero-order valence-electron chi connectivity index (χ0n) is 14.8. The predicted octanol–water partition coefficient (Wildman–Crippen LogP) is 6.33. The first-order valence-electron chi connectivity index (χ1n) is 8.73. The standard InChI is InChI=1S/C22H18N2OS2/c1-2-26-18-13-9-15(10-14-18)21(25)23-17-11-7-16(8-12-17)22-24-19-5-3-4-6-20(19)27-22/h3-14H,2H2,1H3,(H,23,25). The number of aromatic nitrogens is 1. The van der Waals surface area contributed by atoms with E-state index >= 15 is 0 Å². The van der Waals surface area contributed by atoms with Gasteiger partial charge in [-0.25, -0.2) is 4.98 Å². The Labute approximate surface area is 166 Å². The van der Waals surface area contributed by atoms with E-state index in [0.29, 0.717) is 5.56 Å². The lowest BCUT2D eigenvalue weighted by Gasteiger charge is -2.07. The molecule has 134 valence electrons. The van der Waals surface area contributed by atoms with Crippen molar-refractivity contribution in [2.24, 2.45) is 0 Å². The van der Waals surface area contributed by atoms with Crippen molar-refractivity contribution in [2.75, 3.05) is 11.1 Å². The number of carbonyl (C=O) groups is 1. The van der Waals surface area contributed by atoms with Crippen LogP contribution < -0.4 is 5.32 Å². The minimum Gasteiger partial charge on any atom is -0.322 e. The van der Waals surface area contributed by atoms with Crippen LogP contribution in [0.1, 0.15) is 17.3 Å². The number of hydrogen-bond donors (Lipinski definition) is 1. The number of rotatable bonds is 5. The summed E-state index contributed by atoms with van der Waals surface area (Å²) in [5, 5.41) is 3.94. The van der Waals surface area contributed by atoms with E-state index in [2.05, 4.69) is 23.3 Å². The fraction of sp³-hybridized carbons (Fsp3) is 0.0909. The third kappa shape index (κ3) is 4.04. The molecular formula is C22H18N2OS2. The van der Waals surface area contributed by atoms with Gasteiger partial charge in [-0.1, -0.05) is 19.1 Å². The summed E-state index contributed by atoms with van der Waals surface area (Å²) in [5.74, 6) is 0.919. The quantitative estimate of drug-likeness (QED) is 0.405. The summed E-state index contributed by atoms with van der Waals surface area (Å²) in [4.78, 5) is 18.3. The number of fused-ring (bicyclic) bond motifs is 1. The van der Waals surface area contributed by atoms with Gasteiger partial charge in [-0.3, -0.25) is 4.79 Å². The van der Waals surface area contributed by atoms with Crippen LogP contribution in [0.5, 0.6) is 0 Å². The molecule has 0 spiro atoms. The predicted molar refractivity (Wildman–Crippen MR) is 116 cm³/mol. The molecule has 0 atom stereocenters. The van der Waals surface area contributed by atoms with Crippen molar-refractivity contribution in [2.45, 2.75) is 11.8 Å². The van der Waals surface area contributed by atoms with Gasteiger partial charge >= 0.3 is 0 Å². The molecule has 1 aromatic heterocycles. The van der Waals surface area contributed by atoms with E-state index in [9.17, 15) is 4.79 Å². The first-order chi connectivity index (χ1) is 13.2. The SMILES string of the molecule is CCSc1ccc(C(=O)Nc2ccc(-c3nc4ccccc4s3)cc2)cc1. The molecule has 4 aromatic rings. The molecule has 0 unspecified atom stereocenters. The molecule has 5 heteroatoms. The van der Waals surface area contributed by atoms with Crippen LogP contribution in [0.4, 0.5) is 5.69 Å². The fourth-order valence-corrected chi connectivity index (χ4v) is 4.40. The topological polar surface area (TPSA) is 42.0 Å². The van der Waals surface area contributed by atoms with Crippen molar-refractivity contribution < 1.29 is 4.79 Å². The summed E-state index contributed by atoms with van der Waals surface area (Å²) in [6.07, 6.45) is 0. The second kappa shape index (κ2) is 7.94. The number of amides is 1. The van der Waals surface area contributed by atoms with Crippen LogP contribution in [-0.2, 0) is 0 Å². The van der Waals surface area contributed by atoms with Gasteiger partial charge in [-0.2, -0.15) is 0 Å². The zero-order chi connectivity index (χ0) is 18.6. The van der Waals surface area contributed by atoms with E-state index in [-0.39, 0.29) is 5.91 Å². The van der Waals surface area contributed by atoms with Crippen LogP contribution in [-0.4, -0.2) is 16.6 Å². The van der Waals surface area contributed by atoms with Gasteiger partial charge in [-0.05, 0) is 66.4 Å². The molecule has 0 aliphatic carbocycles. The number of carbonyl (C=O) groups excluding carboxylic acids is 1. The van der Waals surface area contributed by atoms with Gasteiger partial charge in [0.25, 0.3) is 5.91 Å². The van der Waals surface area contributed by atoms with Crippen molar-refractivity contribution in [3.63, 3.8) is 0 Å². The molecule has 3 aromatic carbocycles. The average Bonchev–Trinajstić information content (AvgIpc) is 3.13. The van der Waals surface area contributed by atoms with E-state index in [1.807, 2.05) is 66.7 Å². The summed E-state index contributed by atoms with van der Waals surface area (Å²) in [6.45, 7) is 2.11. The Balaban J connectivity index is 1.47. The smallest absolute Gasteiger partial charge is 0.255 e. The Morgan fingerprint density at radius 3 is 2.44 bits per heavy atom. The molecule has 0 saturated heterocycles. The summed E-state index contributed by atoms with van der Waals surface area (Å²) in [5.41, 5.74) is 3.50. The molecule has 0 aliphatic heterocycles. The summed E-state index contributed by atoms with van der Waals surface area (Å²) >= 11 is 3.44. The van der Waals surface area contributed by atoms with Gasteiger partial charge in [0, 0.05) is 21.7 Å². The molecule has 1 amide bonds. The van der Waals surface area contributed by atoms with Crippen LogP contribution in [0, 0.1) is 0 Å². The molecule has 27 heavy (non-hydrogen) atoms.